The van der Waals surface area contributed by atoms with Gasteiger partial charge in [0.1, 0.15) is 6.61 Å². The summed E-state index contributed by atoms with van der Waals surface area (Å²) in [6.45, 7) is 2.89. The van der Waals surface area contributed by atoms with Gasteiger partial charge in [-0.1, -0.05) is 6.07 Å². The van der Waals surface area contributed by atoms with Gasteiger partial charge in [0, 0.05) is 38.6 Å². The van der Waals surface area contributed by atoms with E-state index in [0.717, 1.165) is 37.9 Å². The van der Waals surface area contributed by atoms with Crippen molar-refractivity contribution in [2.75, 3.05) is 32.8 Å². The summed E-state index contributed by atoms with van der Waals surface area (Å²) in [4.78, 5) is 28.4. The van der Waals surface area contributed by atoms with Crippen LogP contribution in [0.25, 0.3) is 10.9 Å². The van der Waals surface area contributed by atoms with Crippen LogP contribution in [-0.4, -0.2) is 76.5 Å². The van der Waals surface area contributed by atoms with Crippen LogP contribution in [0.3, 0.4) is 0 Å². The maximum Gasteiger partial charge on any atom is 0.320 e. The Balaban J connectivity index is 1.20. The van der Waals surface area contributed by atoms with Crippen LogP contribution in [0, 0.1) is 0 Å². The van der Waals surface area contributed by atoms with Crippen LogP contribution in [0.1, 0.15) is 30.7 Å². The molecule has 29 heavy (non-hydrogen) atoms. The minimum absolute atomic E-state index is 0.0323. The van der Waals surface area contributed by atoms with Crippen LogP contribution >= 0.6 is 0 Å². The summed E-state index contributed by atoms with van der Waals surface area (Å²) >= 11 is 0. The van der Waals surface area contributed by atoms with E-state index in [9.17, 15) is 9.59 Å². The Kier molecular flexibility index (Phi) is 4.66. The lowest BCUT2D eigenvalue weighted by Crippen LogP contribution is -2.62. The van der Waals surface area contributed by atoms with Crippen molar-refractivity contribution in [2.24, 2.45) is 7.05 Å². The number of morpholine rings is 1. The summed E-state index contributed by atoms with van der Waals surface area (Å²) in [5.41, 5.74) is 2.48. The predicted octanol–water partition coefficient (Wildman–Crippen LogP) is 1.46. The summed E-state index contributed by atoms with van der Waals surface area (Å²) in [7, 11) is 1.96. The van der Waals surface area contributed by atoms with Gasteiger partial charge in [0.05, 0.1) is 23.9 Å². The van der Waals surface area contributed by atoms with Gasteiger partial charge in [0.15, 0.2) is 0 Å². The van der Waals surface area contributed by atoms with E-state index in [4.69, 9.17) is 4.74 Å². The lowest BCUT2D eigenvalue weighted by atomic mass is 9.89. The second-order valence-corrected chi connectivity index (χ2v) is 8.39. The van der Waals surface area contributed by atoms with E-state index in [0.29, 0.717) is 19.0 Å². The first-order valence-electron chi connectivity index (χ1n) is 10.4. The van der Waals surface area contributed by atoms with E-state index >= 15 is 0 Å². The normalized spacial score (nSPS) is 25.8. The van der Waals surface area contributed by atoms with Crippen LogP contribution in [0.4, 0.5) is 4.79 Å². The molecule has 3 saturated heterocycles. The number of urea groups is 1. The number of piperidine rings is 2. The van der Waals surface area contributed by atoms with Crippen molar-refractivity contribution >= 4 is 22.8 Å². The molecule has 0 aliphatic carbocycles. The zero-order valence-corrected chi connectivity index (χ0v) is 16.7. The Morgan fingerprint density at radius 3 is 2.79 bits per heavy atom. The first-order valence-corrected chi connectivity index (χ1v) is 10.4. The van der Waals surface area contributed by atoms with Gasteiger partial charge in [-0.15, -0.1) is 0 Å². The third kappa shape index (κ3) is 3.46. The Morgan fingerprint density at radius 2 is 1.97 bits per heavy atom. The number of hydrogen-bond donors (Lipinski definition) is 1. The van der Waals surface area contributed by atoms with Crippen LogP contribution in [0.5, 0.6) is 0 Å². The van der Waals surface area contributed by atoms with Crippen molar-refractivity contribution in [3.63, 3.8) is 0 Å². The van der Waals surface area contributed by atoms with Crippen molar-refractivity contribution < 1.29 is 14.3 Å². The first kappa shape index (κ1) is 18.4. The number of aryl methyl sites for hydroxylation is 1. The Hall–Kier alpha value is -2.61. The Bertz CT molecular complexity index is 934. The molecule has 2 aromatic rings. The summed E-state index contributed by atoms with van der Waals surface area (Å²) < 4.78 is 7.49. The first-order chi connectivity index (χ1) is 14.1. The summed E-state index contributed by atoms with van der Waals surface area (Å²) in [6.07, 6.45) is 4.66. The predicted molar refractivity (Wildman–Crippen MR) is 108 cm³/mol. The molecule has 154 valence electrons. The van der Waals surface area contributed by atoms with Crippen molar-refractivity contribution in [1.82, 2.24) is 24.9 Å². The van der Waals surface area contributed by atoms with E-state index in [1.807, 2.05) is 27.7 Å². The third-order valence-corrected chi connectivity index (χ3v) is 6.60. The number of rotatable bonds is 1. The fourth-order valence-corrected chi connectivity index (χ4v) is 4.91. The van der Waals surface area contributed by atoms with Crippen LogP contribution in [-0.2, 0) is 16.6 Å². The van der Waals surface area contributed by atoms with Crippen molar-refractivity contribution in [1.29, 1.82) is 0 Å². The number of ether oxygens (including phenoxy) is 1. The van der Waals surface area contributed by atoms with Gasteiger partial charge in [-0.05, 0) is 42.9 Å². The zero-order valence-electron chi connectivity index (χ0n) is 16.7. The summed E-state index contributed by atoms with van der Waals surface area (Å²) in [5, 5.41) is 8.46. The van der Waals surface area contributed by atoms with Gasteiger partial charge in [-0.25, -0.2) is 4.79 Å². The molecule has 0 saturated carbocycles. The summed E-state index contributed by atoms with van der Waals surface area (Å²) in [6, 6.07) is 6.57. The molecule has 1 aromatic carbocycles. The van der Waals surface area contributed by atoms with E-state index in [1.165, 1.54) is 10.9 Å². The highest BCUT2D eigenvalue weighted by molar-refractivity contribution is 5.80. The van der Waals surface area contributed by atoms with E-state index in [2.05, 4.69) is 28.6 Å². The lowest BCUT2D eigenvalue weighted by molar-refractivity contribution is -0.139. The number of carbonyl (C=O) groups is 2. The van der Waals surface area contributed by atoms with Gasteiger partial charge in [-0.2, -0.15) is 5.10 Å². The maximum atomic E-state index is 13.0. The molecule has 0 unspecified atom stereocenters. The van der Waals surface area contributed by atoms with Gasteiger partial charge in [0.25, 0.3) is 0 Å². The average molecular weight is 397 g/mol. The molecule has 8 nitrogen and oxygen atoms in total. The monoisotopic (exact) mass is 397 g/mol. The van der Waals surface area contributed by atoms with Gasteiger partial charge < -0.3 is 19.9 Å². The highest BCUT2D eigenvalue weighted by atomic mass is 16.5. The van der Waals surface area contributed by atoms with Crippen molar-refractivity contribution in [2.45, 2.75) is 37.3 Å². The van der Waals surface area contributed by atoms with Gasteiger partial charge in [0.2, 0.25) is 5.91 Å². The van der Waals surface area contributed by atoms with E-state index in [-0.39, 0.29) is 30.7 Å². The average Bonchev–Trinajstić information content (AvgIpc) is 3.13. The SMILES string of the molecule is Cn1ncc2cc(C3CCN(C(=O)N4CC[C@@H]5OCC(=O)N[C@@H]5C4)CC3)ccc21. The van der Waals surface area contributed by atoms with Crippen LogP contribution in [0.15, 0.2) is 24.4 Å². The summed E-state index contributed by atoms with van der Waals surface area (Å²) in [5.74, 6) is 0.382. The number of amides is 3. The zero-order chi connectivity index (χ0) is 20.0. The van der Waals surface area contributed by atoms with Gasteiger partial charge >= 0.3 is 6.03 Å². The topological polar surface area (TPSA) is 79.7 Å². The fraction of sp³-hybridized carbons (Fsp3) is 0.571. The number of likely N-dealkylation sites (tertiary alicyclic amines) is 2. The smallest absolute Gasteiger partial charge is 0.320 e. The second kappa shape index (κ2) is 7.33. The maximum absolute atomic E-state index is 13.0. The highest BCUT2D eigenvalue weighted by Gasteiger charge is 2.38. The molecule has 0 spiro atoms. The molecule has 2 atom stereocenters. The largest absolute Gasteiger partial charge is 0.366 e. The molecule has 3 amide bonds. The lowest BCUT2D eigenvalue weighted by Gasteiger charge is -2.43. The van der Waals surface area contributed by atoms with Crippen LogP contribution < -0.4 is 5.32 Å². The number of nitrogens with zero attached hydrogens (tertiary/aromatic N) is 4. The molecule has 0 bridgehead atoms. The molecule has 3 aliphatic rings. The number of carbonyl (C=O) groups excluding carboxylic acids is 2. The van der Waals surface area contributed by atoms with E-state index in [1.54, 1.807) is 0 Å². The molecule has 5 rings (SSSR count). The molecule has 4 heterocycles. The van der Waals surface area contributed by atoms with Crippen molar-refractivity contribution in [3.8, 4) is 0 Å². The molecular weight excluding hydrogens is 370 g/mol. The number of fused-ring (bicyclic) bond motifs is 2. The molecule has 1 aromatic heterocycles. The molecule has 8 heteroatoms. The Labute approximate surface area is 169 Å². The third-order valence-electron chi connectivity index (χ3n) is 6.60. The van der Waals surface area contributed by atoms with E-state index < -0.39 is 0 Å². The standard InChI is InChI=1S/C21H27N5O3/c1-24-18-3-2-15(10-16(18)11-22-24)14-4-7-25(8-5-14)21(28)26-9-6-19-17(12-26)23-20(27)13-29-19/h2-3,10-11,14,17,19H,4-9,12-13H2,1H3,(H,23,27)/t17-,19+/m1/s1. The second-order valence-electron chi connectivity index (χ2n) is 8.39. The quantitative estimate of drug-likeness (QED) is 0.790. The molecule has 3 fully saturated rings. The molecule has 3 aliphatic heterocycles. The van der Waals surface area contributed by atoms with Gasteiger partial charge in [-0.3, -0.25) is 9.48 Å². The van der Waals surface area contributed by atoms with Crippen molar-refractivity contribution in [3.05, 3.63) is 30.0 Å². The number of aromatic nitrogens is 2. The molecular formula is C21H27N5O3. The Morgan fingerprint density at radius 1 is 1.17 bits per heavy atom. The fourth-order valence-electron chi connectivity index (χ4n) is 4.91. The number of hydrogen-bond acceptors (Lipinski definition) is 4. The molecule has 1 N–H and O–H groups in total. The molecule has 0 radical (unpaired) electrons. The van der Waals surface area contributed by atoms with Crippen LogP contribution in [0.2, 0.25) is 0 Å². The minimum atomic E-state index is -0.0908. The number of nitrogens with one attached hydrogen (secondary N) is 1. The number of benzene rings is 1. The minimum Gasteiger partial charge on any atom is -0.366 e. The highest BCUT2D eigenvalue weighted by Crippen LogP contribution is 2.31.